The summed E-state index contributed by atoms with van der Waals surface area (Å²) in [5.74, 6) is 1.60. The van der Waals surface area contributed by atoms with E-state index in [9.17, 15) is 0 Å². The van der Waals surface area contributed by atoms with Gasteiger partial charge in [0.15, 0.2) is 0 Å². The van der Waals surface area contributed by atoms with Gasteiger partial charge >= 0.3 is 0 Å². The van der Waals surface area contributed by atoms with Gasteiger partial charge in [-0.25, -0.2) is 4.98 Å². The Morgan fingerprint density at radius 3 is 2.50 bits per heavy atom. The molecule has 0 spiro atoms. The topological polar surface area (TPSA) is 21.1 Å². The Labute approximate surface area is 133 Å². The van der Waals surface area contributed by atoms with Crippen LogP contribution < -0.4 is 4.90 Å². The summed E-state index contributed by atoms with van der Waals surface area (Å²) < 4.78 is 2.36. The fourth-order valence-electron chi connectivity index (χ4n) is 3.26. The zero-order chi connectivity index (χ0) is 16.1. The van der Waals surface area contributed by atoms with Gasteiger partial charge in [0.05, 0.1) is 11.4 Å². The van der Waals surface area contributed by atoms with E-state index in [0.717, 1.165) is 11.5 Å². The number of anilines is 1. The molecule has 3 heteroatoms. The summed E-state index contributed by atoms with van der Waals surface area (Å²) in [5.41, 5.74) is 4.58. The number of para-hydroxylation sites is 1. The molecule has 1 aliphatic heterocycles. The minimum atomic E-state index is -0.180. The Bertz CT molecular complexity index is 735. The highest BCUT2D eigenvalue weighted by Crippen LogP contribution is 2.44. The van der Waals surface area contributed by atoms with Crippen molar-refractivity contribution in [3.05, 3.63) is 47.9 Å². The number of fused-ring (bicyclic) bond motifs is 3. The van der Waals surface area contributed by atoms with Crippen LogP contribution >= 0.6 is 0 Å². The van der Waals surface area contributed by atoms with Gasteiger partial charge in [-0.15, -0.1) is 0 Å². The van der Waals surface area contributed by atoms with E-state index in [-0.39, 0.29) is 5.66 Å². The number of allylic oxidation sites excluding steroid dienone is 1. The number of hydrogen-bond donors (Lipinski definition) is 0. The summed E-state index contributed by atoms with van der Waals surface area (Å²) in [7, 11) is 0. The number of nitrogens with zero attached hydrogens (tertiary/aromatic N) is 3. The largest absolute Gasteiger partial charge is 0.324 e. The highest BCUT2D eigenvalue weighted by molar-refractivity contribution is 5.79. The summed E-state index contributed by atoms with van der Waals surface area (Å²) >= 11 is 0. The lowest BCUT2D eigenvalue weighted by Gasteiger charge is -2.45. The standard InChI is InChI=1S/C19H25N3/c1-13(2)11-12-21-17-10-8-7-9-16(17)18-20-14(3)15(4)22(18)19(21,5)6/h7-13H,1-6H3/b12-11+. The van der Waals surface area contributed by atoms with Crippen molar-refractivity contribution < 1.29 is 0 Å². The lowest BCUT2D eigenvalue weighted by Crippen LogP contribution is -2.46. The molecule has 3 nitrogen and oxygen atoms in total. The number of aromatic nitrogens is 2. The molecule has 0 fully saturated rings. The summed E-state index contributed by atoms with van der Waals surface area (Å²) in [5, 5.41) is 0. The average Bonchev–Trinajstić information content (AvgIpc) is 2.75. The number of hydrogen-bond acceptors (Lipinski definition) is 2. The van der Waals surface area contributed by atoms with Crippen LogP contribution in [0.1, 0.15) is 39.1 Å². The molecule has 0 radical (unpaired) electrons. The molecule has 22 heavy (non-hydrogen) atoms. The summed E-state index contributed by atoms with van der Waals surface area (Å²) in [4.78, 5) is 7.19. The van der Waals surface area contributed by atoms with Crippen molar-refractivity contribution in [1.82, 2.24) is 9.55 Å². The van der Waals surface area contributed by atoms with Crippen LogP contribution in [-0.2, 0) is 5.66 Å². The van der Waals surface area contributed by atoms with Gasteiger partial charge in [0, 0.05) is 17.5 Å². The average molecular weight is 295 g/mol. The van der Waals surface area contributed by atoms with Gasteiger partial charge in [0.2, 0.25) is 0 Å². The van der Waals surface area contributed by atoms with Crippen LogP contribution in [0, 0.1) is 19.8 Å². The van der Waals surface area contributed by atoms with Crippen LogP contribution in [0.15, 0.2) is 36.5 Å². The van der Waals surface area contributed by atoms with Gasteiger partial charge in [-0.05, 0) is 45.7 Å². The maximum Gasteiger partial charge on any atom is 0.144 e. The molecule has 0 atom stereocenters. The molecule has 1 aliphatic rings. The predicted molar refractivity (Wildman–Crippen MR) is 92.9 cm³/mol. The third-order valence-electron chi connectivity index (χ3n) is 4.51. The molecule has 2 heterocycles. The highest BCUT2D eigenvalue weighted by atomic mass is 15.4. The van der Waals surface area contributed by atoms with Gasteiger partial charge in [0.25, 0.3) is 0 Å². The van der Waals surface area contributed by atoms with Gasteiger partial charge in [0.1, 0.15) is 11.5 Å². The predicted octanol–water partition coefficient (Wildman–Crippen LogP) is 4.85. The van der Waals surface area contributed by atoms with Gasteiger partial charge in [-0.3, -0.25) is 0 Å². The molecule has 0 saturated heterocycles. The van der Waals surface area contributed by atoms with Crippen molar-refractivity contribution in [3.8, 4) is 11.4 Å². The van der Waals surface area contributed by atoms with Crippen LogP contribution in [-0.4, -0.2) is 9.55 Å². The van der Waals surface area contributed by atoms with Gasteiger partial charge < -0.3 is 9.47 Å². The molecule has 0 unspecified atom stereocenters. The van der Waals surface area contributed by atoms with Crippen LogP contribution in [0.2, 0.25) is 0 Å². The molecule has 0 N–H and O–H groups in total. The molecule has 3 rings (SSSR count). The second kappa shape index (κ2) is 5.01. The van der Waals surface area contributed by atoms with Crippen molar-refractivity contribution in [1.29, 1.82) is 0 Å². The Balaban J connectivity index is 2.28. The highest BCUT2D eigenvalue weighted by Gasteiger charge is 2.38. The lowest BCUT2D eigenvalue weighted by atomic mass is 10.0. The van der Waals surface area contributed by atoms with Crippen LogP contribution in [0.3, 0.4) is 0 Å². The maximum absolute atomic E-state index is 4.83. The van der Waals surface area contributed by atoms with Gasteiger partial charge in [-0.1, -0.05) is 32.1 Å². The Morgan fingerprint density at radius 1 is 1.14 bits per heavy atom. The molecular formula is C19H25N3. The zero-order valence-electron chi connectivity index (χ0n) is 14.4. The third kappa shape index (κ3) is 2.07. The number of rotatable bonds is 2. The Hall–Kier alpha value is -2.03. The van der Waals surface area contributed by atoms with Crippen molar-refractivity contribution >= 4 is 5.69 Å². The monoisotopic (exact) mass is 295 g/mol. The minimum absolute atomic E-state index is 0.180. The van der Waals surface area contributed by atoms with Crippen molar-refractivity contribution in [2.45, 2.75) is 47.2 Å². The van der Waals surface area contributed by atoms with Gasteiger partial charge in [-0.2, -0.15) is 0 Å². The van der Waals surface area contributed by atoms with E-state index in [1.54, 1.807) is 0 Å². The number of imidazole rings is 1. The second-order valence-electron chi connectivity index (χ2n) is 6.91. The first-order valence-electron chi connectivity index (χ1n) is 7.97. The molecule has 2 aromatic rings. The summed E-state index contributed by atoms with van der Waals surface area (Å²) in [6.07, 6.45) is 4.48. The van der Waals surface area contributed by atoms with Crippen molar-refractivity contribution in [2.75, 3.05) is 4.90 Å². The normalized spacial score (nSPS) is 16.2. The second-order valence-corrected chi connectivity index (χ2v) is 6.91. The number of benzene rings is 1. The third-order valence-corrected chi connectivity index (χ3v) is 4.51. The van der Waals surface area contributed by atoms with E-state index in [0.29, 0.717) is 5.92 Å². The molecule has 0 aliphatic carbocycles. The first-order valence-corrected chi connectivity index (χ1v) is 7.97. The smallest absolute Gasteiger partial charge is 0.144 e. The van der Waals surface area contributed by atoms with E-state index in [1.807, 2.05) is 0 Å². The Kier molecular flexibility index (Phi) is 3.39. The fourth-order valence-corrected chi connectivity index (χ4v) is 3.26. The number of aryl methyl sites for hydroxylation is 1. The SMILES string of the molecule is Cc1nc2n(c1C)C(C)(C)N(/C=C/C(C)C)c1ccccc1-2. The lowest BCUT2D eigenvalue weighted by molar-refractivity contribution is 0.350. The minimum Gasteiger partial charge on any atom is -0.324 e. The molecule has 1 aromatic carbocycles. The first-order chi connectivity index (χ1) is 10.3. The molecule has 116 valence electrons. The molecular weight excluding hydrogens is 270 g/mol. The van der Waals surface area contributed by atoms with E-state index in [1.165, 1.54) is 16.9 Å². The van der Waals surface area contributed by atoms with Crippen molar-refractivity contribution in [3.63, 3.8) is 0 Å². The van der Waals surface area contributed by atoms with Crippen molar-refractivity contribution in [2.24, 2.45) is 5.92 Å². The van der Waals surface area contributed by atoms with Crippen LogP contribution in [0.25, 0.3) is 11.4 Å². The van der Waals surface area contributed by atoms with E-state index < -0.39 is 0 Å². The van der Waals surface area contributed by atoms with E-state index in [4.69, 9.17) is 4.98 Å². The summed E-state index contributed by atoms with van der Waals surface area (Å²) in [6.45, 7) is 13.2. The van der Waals surface area contributed by atoms with E-state index in [2.05, 4.69) is 87.6 Å². The molecule has 0 saturated carbocycles. The molecule has 0 amide bonds. The fraction of sp³-hybridized carbons (Fsp3) is 0.421. The first kappa shape index (κ1) is 14.9. The Morgan fingerprint density at radius 2 is 1.82 bits per heavy atom. The van der Waals surface area contributed by atoms with Crippen LogP contribution in [0.5, 0.6) is 0 Å². The quantitative estimate of drug-likeness (QED) is 0.789. The van der Waals surface area contributed by atoms with E-state index >= 15 is 0 Å². The maximum atomic E-state index is 4.83. The summed E-state index contributed by atoms with van der Waals surface area (Å²) in [6, 6.07) is 8.54. The molecule has 0 bridgehead atoms. The zero-order valence-corrected chi connectivity index (χ0v) is 14.4. The molecule has 1 aromatic heterocycles. The van der Waals surface area contributed by atoms with Crippen LogP contribution in [0.4, 0.5) is 5.69 Å².